The van der Waals surface area contributed by atoms with Gasteiger partial charge in [0.25, 0.3) is 0 Å². The number of benzene rings is 1. The van der Waals surface area contributed by atoms with Crippen molar-refractivity contribution in [2.75, 3.05) is 5.73 Å². The minimum Gasteiger partial charge on any atom is -0.399 e. The Morgan fingerprint density at radius 3 is 2.71 bits per heavy atom. The van der Waals surface area contributed by atoms with Gasteiger partial charge in [0, 0.05) is 11.7 Å². The molecular formula is C12H20N2O2S. The van der Waals surface area contributed by atoms with E-state index < -0.39 is 10.0 Å². The molecular weight excluding hydrogens is 236 g/mol. The zero-order valence-corrected chi connectivity index (χ0v) is 11.1. The van der Waals surface area contributed by atoms with E-state index >= 15 is 0 Å². The number of rotatable bonds is 6. The van der Waals surface area contributed by atoms with Crippen LogP contribution < -0.4 is 10.5 Å². The van der Waals surface area contributed by atoms with Crippen molar-refractivity contribution in [3.05, 3.63) is 29.8 Å². The molecule has 0 unspecified atom stereocenters. The zero-order chi connectivity index (χ0) is 12.9. The van der Waals surface area contributed by atoms with Crippen molar-refractivity contribution in [1.29, 1.82) is 0 Å². The van der Waals surface area contributed by atoms with Gasteiger partial charge in [0.1, 0.15) is 0 Å². The highest BCUT2D eigenvalue weighted by Gasteiger charge is 2.14. The van der Waals surface area contributed by atoms with Gasteiger partial charge in [-0.2, -0.15) is 0 Å². The van der Waals surface area contributed by atoms with E-state index in [2.05, 4.69) is 4.72 Å². The summed E-state index contributed by atoms with van der Waals surface area (Å²) in [6, 6.07) is 6.92. The lowest BCUT2D eigenvalue weighted by Gasteiger charge is -2.13. The number of nitrogen functional groups attached to an aromatic ring is 1. The molecule has 3 N–H and O–H groups in total. The molecule has 0 heterocycles. The topological polar surface area (TPSA) is 72.2 Å². The second-order valence-electron chi connectivity index (χ2n) is 4.31. The summed E-state index contributed by atoms with van der Waals surface area (Å²) >= 11 is 0. The SMILES string of the molecule is CCC[C@H](C)NS(=O)(=O)Cc1cccc(N)c1. The molecule has 0 aliphatic carbocycles. The van der Waals surface area contributed by atoms with Crippen molar-refractivity contribution in [1.82, 2.24) is 4.72 Å². The van der Waals surface area contributed by atoms with Crippen molar-refractivity contribution in [3.63, 3.8) is 0 Å². The molecule has 0 saturated carbocycles. The first-order valence-corrected chi connectivity index (χ1v) is 7.42. The van der Waals surface area contributed by atoms with Crippen LogP contribution >= 0.6 is 0 Å². The second kappa shape index (κ2) is 6.02. The quantitative estimate of drug-likeness (QED) is 0.763. The minimum atomic E-state index is -3.28. The highest BCUT2D eigenvalue weighted by Crippen LogP contribution is 2.10. The van der Waals surface area contributed by atoms with E-state index in [1.807, 2.05) is 13.8 Å². The predicted molar refractivity (Wildman–Crippen MR) is 71.0 cm³/mol. The van der Waals surface area contributed by atoms with E-state index in [-0.39, 0.29) is 11.8 Å². The van der Waals surface area contributed by atoms with Crippen LogP contribution in [0.1, 0.15) is 32.3 Å². The van der Waals surface area contributed by atoms with E-state index in [0.717, 1.165) is 12.8 Å². The van der Waals surface area contributed by atoms with E-state index in [4.69, 9.17) is 5.73 Å². The van der Waals surface area contributed by atoms with E-state index in [1.54, 1.807) is 24.3 Å². The van der Waals surface area contributed by atoms with Crippen molar-refractivity contribution in [3.8, 4) is 0 Å². The third-order valence-electron chi connectivity index (χ3n) is 2.41. The summed E-state index contributed by atoms with van der Waals surface area (Å²) in [5.41, 5.74) is 6.90. The lowest BCUT2D eigenvalue weighted by Crippen LogP contribution is -2.33. The van der Waals surface area contributed by atoms with Crippen molar-refractivity contribution < 1.29 is 8.42 Å². The van der Waals surface area contributed by atoms with Gasteiger partial charge < -0.3 is 5.73 Å². The van der Waals surface area contributed by atoms with Gasteiger partial charge in [-0.15, -0.1) is 0 Å². The molecule has 0 aliphatic rings. The highest BCUT2D eigenvalue weighted by atomic mass is 32.2. The number of nitrogens with two attached hydrogens (primary N) is 1. The van der Waals surface area contributed by atoms with Crippen molar-refractivity contribution in [2.45, 2.75) is 38.5 Å². The molecule has 96 valence electrons. The van der Waals surface area contributed by atoms with Crippen LogP contribution in [0.25, 0.3) is 0 Å². The van der Waals surface area contributed by atoms with Gasteiger partial charge in [0.05, 0.1) is 5.75 Å². The maximum atomic E-state index is 11.8. The molecule has 0 bridgehead atoms. The molecule has 4 nitrogen and oxygen atoms in total. The maximum absolute atomic E-state index is 11.8. The smallest absolute Gasteiger partial charge is 0.216 e. The summed E-state index contributed by atoms with van der Waals surface area (Å²) in [4.78, 5) is 0. The number of anilines is 1. The van der Waals surface area contributed by atoms with Gasteiger partial charge >= 0.3 is 0 Å². The number of hydrogen-bond acceptors (Lipinski definition) is 3. The Hall–Kier alpha value is -1.07. The molecule has 0 spiro atoms. The summed E-state index contributed by atoms with van der Waals surface area (Å²) < 4.78 is 26.3. The van der Waals surface area contributed by atoms with Crippen molar-refractivity contribution >= 4 is 15.7 Å². The molecule has 1 aromatic carbocycles. The summed E-state index contributed by atoms with van der Waals surface area (Å²) in [7, 11) is -3.28. The highest BCUT2D eigenvalue weighted by molar-refractivity contribution is 7.88. The molecule has 1 rings (SSSR count). The Kier molecular flexibility index (Phi) is 4.96. The molecule has 0 aromatic heterocycles. The van der Waals surface area contributed by atoms with E-state index in [1.165, 1.54) is 0 Å². The first-order valence-electron chi connectivity index (χ1n) is 5.77. The third kappa shape index (κ3) is 5.19. The van der Waals surface area contributed by atoms with E-state index in [9.17, 15) is 8.42 Å². The molecule has 1 atom stereocenters. The Morgan fingerprint density at radius 1 is 1.41 bits per heavy atom. The first-order chi connectivity index (χ1) is 7.93. The first kappa shape index (κ1) is 14.0. The molecule has 0 saturated heterocycles. The minimum absolute atomic E-state index is 0.0217. The molecule has 0 radical (unpaired) electrons. The van der Waals surface area contributed by atoms with Gasteiger partial charge in [0.15, 0.2) is 0 Å². The average molecular weight is 256 g/mol. The summed E-state index contributed by atoms with van der Waals surface area (Å²) in [5.74, 6) is -0.0217. The Balaban J connectivity index is 2.67. The normalized spacial score (nSPS) is 13.5. The van der Waals surface area contributed by atoms with Gasteiger partial charge in [-0.25, -0.2) is 13.1 Å². The van der Waals surface area contributed by atoms with Gasteiger partial charge in [-0.1, -0.05) is 25.5 Å². The lowest BCUT2D eigenvalue weighted by atomic mass is 10.2. The Morgan fingerprint density at radius 2 is 2.12 bits per heavy atom. The van der Waals surface area contributed by atoms with Crippen LogP contribution in [0.5, 0.6) is 0 Å². The Labute approximate surface area is 103 Å². The molecule has 0 fully saturated rings. The van der Waals surface area contributed by atoms with E-state index in [0.29, 0.717) is 11.3 Å². The fraction of sp³-hybridized carbons (Fsp3) is 0.500. The van der Waals surface area contributed by atoms with Crippen LogP contribution in [0.15, 0.2) is 24.3 Å². The monoisotopic (exact) mass is 256 g/mol. The van der Waals surface area contributed by atoms with Gasteiger partial charge in [-0.3, -0.25) is 0 Å². The lowest BCUT2D eigenvalue weighted by molar-refractivity contribution is 0.543. The van der Waals surface area contributed by atoms with Crippen LogP contribution in [0, 0.1) is 0 Å². The van der Waals surface area contributed by atoms with Crippen LogP contribution in [-0.4, -0.2) is 14.5 Å². The number of hydrogen-bond donors (Lipinski definition) is 2. The average Bonchev–Trinajstić information content (AvgIpc) is 2.15. The Bertz CT molecular complexity index is 457. The largest absolute Gasteiger partial charge is 0.399 e. The molecule has 5 heteroatoms. The third-order valence-corrected chi connectivity index (χ3v) is 3.89. The standard InChI is InChI=1S/C12H20N2O2S/c1-3-5-10(2)14-17(15,16)9-11-6-4-7-12(13)8-11/h4,6-8,10,14H,3,5,9,13H2,1-2H3/t10-/m0/s1. The molecule has 1 aromatic rings. The zero-order valence-electron chi connectivity index (χ0n) is 10.3. The molecule has 0 amide bonds. The summed E-state index contributed by atoms with van der Waals surface area (Å²) in [5, 5.41) is 0. The number of sulfonamides is 1. The van der Waals surface area contributed by atoms with Crippen LogP contribution in [0.3, 0.4) is 0 Å². The fourth-order valence-corrected chi connectivity index (χ4v) is 3.18. The second-order valence-corrected chi connectivity index (χ2v) is 6.07. The molecule has 0 aliphatic heterocycles. The maximum Gasteiger partial charge on any atom is 0.216 e. The fourth-order valence-electron chi connectivity index (χ4n) is 1.74. The van der Waals surface area contributed by atoms with Gasteiger partial charge in [0.2, 0.25) is 10.0 Å². The number of nitrogens with one attached hydrogen (secondary N) is 1. The summed E-state index contributed by atoms with van der Waals surface area (Å²) in [6.07, 6.45) is 1.80. The van der Waals surface area contributed by atoms with Gasteiger partial charge in [-0.05, 0) is 31.0 Å². The van der Waals surface area contributed by atoms with Crippen LogP contribution in [0.2, 0.25) is 0 Å². The van der Waals surface area contributed by atoms with Crippen molar-refractivity contribution in [2.24, 2.45) is 0 Å². The van der Waals surface area contributed by atoms with Crippen LogP contribution in [0.4, 0.5) is 5.69 Å². The molecule has 17 heavy (non-hydrogen) atoms. The summed E-state index contributed by atoms with van der Waals surface area (Å²) in [6.45, 7) is 3.91. The predicted octanol–water partition coefficient (Wildman–Crippen LogP) is 1.88. The van der Waals surface area contributed by atoms with Crippen LogP contribution in [-0.2, 0) is 15.8 Å².